The number of benzene rings is 1. The Morgan fingerprint density at radius 2 is 2.29 bits per heavy atom. The van der Waals surface area contributed by atoms with Gasteiger partial charge in [-0.3, -0.25) is 4.90 Å². The van der Waals surface area contributed by atoms with Gasteiger partial charge in [-0.05, 0) is 44.3 Å². The van der Waals surface area contributed by atoms with Gasteiger partial charge in [-0.1, -0.05) is 13.0 Å². The highest BCUT2D eigenvalue weighted by atomic mass is 32.2. The highest BCUT2D eigenvalue weighted by Gasteiger charge is 2.26. The van der Waals surface area contributed by atoms with E-state index in [1.165, 1.54) is 24.6 Å². The molecule has 1 aromatic rings. The summed E-state index contributed by atoms with van der Waals surface area (Å²) in [5.74, 6) is -0.847. The number of carboxylic acids is 1. The molecule has 4 nitrogen and oxygen atoms in total. The molecule has 1 aromatic carbocycles. The first-order valence-corrected chi connectivity index (χ1v) is 8.66. The zero-order chi connectivity index (χ0) is 15.4. The van der Waals surface area contributed by atoms with Gasteiger partial charge in [-0.25, -0.2) is 4.79 Å². The summed E-state index contributed by atoms with van der Waals surface area (Å²) in [6, 6.07) is 6.25. The van der Waals surface area contributed by atoms with Crippen LogP contribution in [0.1, 0.15) is 30.1 Å². The van der Waals surface area contributed by atoms with Crippen LogP contribution < -0.4 is 4.90 Å². The van der Waals surface area contributed by atoms with Crippen LogP contribution in [0.2, 0.25) is 0 Å². The van der Waals surface area contributed by atoms with Crippen molar-refractivity contribution in [2.24, 2.45) is 0 Å². The van der Waals surface area contributed by atoms with Gasteiger partial charge >= 0.3 is 5.97 Å². The van der Waals surface area contributed by atoms with Gasteiger partial charge in [0.2, 0.25) is 0 Å². The number of likely N-dealkylation sites (tertiary alicyclic amines) is 1. The molecule has 1 aliphatic heterocycles. The largest absolute Gasteiger partial charge is 0.478 e. The lowest BCUT2D eigenvalue weighted by Crippen LogP contribution is -2.39. The fraction of sp³-hybridized carbons (Fsp3) is 0.562. The number of nitrogens with zero attached hydrogens (tertiary/aromatic N) is 2. The van der Waals surface area contributed by atoms with Crippen LogP contribution in [0, 0.1) is 0 Å². The molecule has 1 heterocycles. The number of rotatable bonds is 6. The molecule has 21 heavy (non-hydrogen) atoms. The van der Waals surface area contributed by atoms with E-state index in [4.69, 9.17) is 0 Å². The topological polar surface area (TPSA) is 43.8 Å². The van der Waals surface area contributed by atoms with E-state index in [2.05, 4.69) is 16.7 Å². The maximum absolute atomic E-state index is 11.6. The van der Waals surface area contributed by atoms with Crippen molar-refractivity contribution < 1.29 is 9.90 Å². The monoisotopic (exact) mass is 308 g/mol. The van der Waals surface area contributed by atoms with E-state index >= 15 is 0 Å². The number of carboxylic acid groups (broad SMARTS) is 1. The second kappa shape index (κ2) is 7.18. The first kappa shape index (κ1) is 16.2. The molecular weight excluding hydrogens is 284 g/mol. The van der Waals surface area contributed by atoms with Crippen molar-refractivity contribution in [3.05, 3.63) is 23.8 Å². The summed E-state index contributed by atoms with van der Waals surface area (Å²) in [5, 5.41) is 9.54. The second-order valence-electron chi connectivity index (χ2n) is 5.46. The number of thioether (sulfide) groups is 1. The van der Waals surface area contributed by atoms with Crippen LogP contribution in [0.4, 0.5) is 5.69 Å². The quantitative estimate of drug-likeness (QED) is 0.818. The lowest BCUT2D eigenvalue weighted by atomic mass is 10.1. The van der Waals surface area contributed by atoms with Gasteiger partial charge in [-0.15, -0.1) is 11.8 Å². The summed E-state index contributed by atoms with van der Waals surface area (Å²) < 4.78 is 0. The average Bonchev–Trinajstić information content (AvgIpc) is 2.93. The third kappa shape index (κ3) is 3.52. The summed E-state index contributed by atoms with van der Waals surface area (Å²) in [4.78, 5) is 17.0. The average molecular weight is 308 g/mol. The first-order valence-electron chi connectivity index (χ1n) is 7.44. The summed E-state index contributed by atoms with van der Waals surface area (Å²) in [6.07, 6.45) is 4.35. The Balaban J connectivity index is 2.22. The van der Waals surface area contributed by atoms with Gasteiger partial charge in [0, 0.05) is 24.5 Å². The van der Waals surface area contributed by atoms with Crippen LogP contribution in [-0.4, -0.2) is 55.0 Å². The minimum Gasteiger partial charge on any atom is -0.478 e. The molecular formula is C16H24N2O2S. The Labute approximate surface area is 131 Å². The van der Waals surface area contributed by atoms with E-state index in [9.17, 15) is 9.90 Å². The maximum Gasteiger partial charge on any atom is 0.338 e. The van der Waals surface area contributed by atoms with Gasteiger partial charge in [0.05, 0.1) is 11.3 Å². The van der Waals surface area contributed by atoms with E-state index < -0.39 is 5.97 Å². The van der Waals surface area contributed by atoms with E-state index in [1.807, 2.05) is 31.5 Å². The van der Waals surface area contributed by atoms with Crippen molar-refractivity contribution in [3.8, 4) is 0 Å². The van der Waals surface area contributed by atoms with Crippen LogP contribution in [0.25, 0.3) is 0 Å². The Morgan fingerprint density at radius 1 is 1.52 bits per heavy atom. The summed E-state index contributed by atoms with van der Waals surface area (Å²) in [6.45, 7) is 5.29. The first-order chi connectivity index (χ1) is 10.1. The Bertz CT molecular complexity index is 507. The van der Waals surface area contributed by atoms with Crippen LogP contribution in [-0.2, 0) is 0 Å². The smallest absolute Gasteiger partial charge is 0.338 e. The van der Waals surface area contributed by atoms with Crippen LogP contribution in [0.5, 0.6) is 0 Å². The molecule has 1 fully saturated rings. The van der Waals surface area contributed by atoms with Crippen molar-refractivity contribution in [2.75, 3.05) is 37.8 Å². The van der Waals surface area contributed by atoms with Crippen molar-refractivity contribution >= 4 is 23.4 Å². The van der Waals surface area contributed by atoms with Gasteiger partial charge in [0.15, 0.2) is 0 Å². The molecule has 1 unspecified atom stereocenters. The minimum absolute atomic E-state index is 0.425. The molecule has 0 amide bonds. The Morgan fingerprint density at radius 3 is 2.90 bits per heavy atom. The second-order valence-corrected chi connectivity index (χ2v) is 6.31. The van der Waals surface area contributed by atoms with E-state index in [0.29, 0.717) is 11.6 Å². The number of aromatic carboxylic acids is 1. The Hall–Kier alpha value is -1.20. The fourth-order valence-electron chi connectivity index (χ4n) is 3.16. The van der Waals surface area contributed by atoms with E-state index in [0.717, 1.165) is 30.2 Å². The minimum atomic E-state index is -0.847. The van der Waals surface area contributed by atoms with Gasteiger partial charge in [0.25, 0.3) is 0 Å². The highest BCUT2D eigenvalue weighted by molar-refractivity contribution is 7.98. The molecule has 1 aliphatic rings. The zero-order valence-corrected chi connectivity index (χ0v) is 13.8. The molecule has 116 valence electrons. The van der Waals surface area contributed by atoms with Crippen LogP contribution >= 0.6 is 11.8 Å². The number of carbonyl (C=O) groups is 1. The van der Waals surface area contributed by atoms with Gasteiger partial charge in [-0.2, -0.15) is 0 Å². The number of anilines is 1. The molecule has 2 rings (SSSR count). The van der Waals surface area contributed by atoms with Crippen molar-refractivity contribution in [1.29, 1.82) is 0 Å². The van der Waals surface area contributed by atoms with Gasteiger partial charge in [0.1, 0.15) is 0 Å². The van der Waals surface area contributed by atoms with Crippen LogP contribution in [0.3, 0.4) is 0 Å². The molecule has 1 saturated heterocycles. The molecule has 0 aliphatic carbocycles. The Kier molecular flexibility index (Phi) is 5.53. The summed E-state index contributed by atoms with van der Waals surface area (Å²) in [5.41, 5.74) is 1.24. The van der Waals surface area contributed by atoms with E-state index in [-0.39, 0.29) is 0 Å². The molecule has 0 spiro atoms. The fourth-order valence-corrected chi connectivity index (χ4v) is 3.77. The normalized spacial score (nSPS) is 18.9. The maximum atomic E-state index is 11.6. The summed E-state index contributed by atoms with van der Waals surface area (Å²) >= 11 is 1.49. The number of hydrogen-bond acceptors (Lipinski definition) is 4. The standard InChI is InChI=1S/C16H24N2O2S/c1-4-18-10-6-7-12(18)11-17(2)13-8-5-9-14(21-3)15(13)16(19)20/h5,8-9,12H,4,6-7,10-11H2,1-3H3,(H,19,20). The number of likely N-dealkylation sites (N-methyl/N-ethyl adjacent to an activating group) is 2. The molecule has 0 saturated carbocycles. The predicted octanol–water partition coefficient (Wildman–Crippen LogP) is 3.03. The lowest BCUT2D eigenvalue weighted by Gasteiger charge is -2.30. The molecule has 0 radical (unpaired) electrons. The van der Waals surface area contributed by atoms with E-state index in [1.54, 1.807) is 0 Å². The predicted molar refractivity (Wildman–Crippen MR) is 88.7 cm³/mol. The SMILES string of the molecule is CCN1CCCC1CN(C)c1cccc(SC)c1C(=O)O. The molecule has 0 aromatic heterocycles. The van der Waals surface area contributed by atoms with Crippen LogP contribution in [0.15, 0.2) is 23.1 Å². The molecule has 0 bridgehead atoms. The lowest BCUT2D eigenvalue weighted by molar-refractivity contribution is 0.0693. The zero-order valence-electron chi connectivity index (χ0n) is 13.0. The summed E-state index contributed by atoms with van der Waals surface area (Å²) in [7, 11) is 2.00. The van der Waals surface area contributed by atoms with Crippen molar-refractivity contribution in [2.45, 2.75) is 30.7 Å². The van der Waals surface area contributed by atoms with Crippen molar-refractivity contribution in [1.82, 2.24) is 4.90 Å². The number of hydrogen-bond donors (Lipinski definition) is 1. The third-order valence-electron chi connectivity index (χ3n) is 4.24. The van der Waals surface area contributed by atoms with Gasteiger partial charge < -0.3 is 10.0 Å². The molecule has 5 heteroatoms. The molecule has 1 N–H and O–H groups in total. The highest BCUT2D eigenvalue weighted by Crippen LogP contribution is 2.30. The molecule has 1 atom stereocenters. The van der Waals surface area contributed by atoms with Crippen molar-refractivity contribution in [3.63, 3.8) is 0 Å². The third-order valence-corrected chi connectivity index (χ3v) is 5.02.